The van der Waals surface area contributed by atoms with E-state index in [4.69, 9.17) is 9.15 Å². The van der Waals surface area contributed by atoms with Crippen LogP contribution in [-0.2, 0) is 16.7 Å². The van der Waals surface area contributed by atoms with E-state index in [0.29, 0.717) is 29.6 Å². The van der Waals surface area contributed by atoms with Gasteiger partial charge in [0.2, 0.25) is 0 Å². The van der Waals surface area contributed by atoms with Gasteiger partial charge in [0.1, 0.15) is 17.1 Å². The fraction of sp³-hybridized carbons (Fsp3) is 0.429. The summed E-state index contributed by atoms with van der Waals surface area (Å²) < 4.78 is 10.4. The van der Waals surface area contributed by atoms with Crippen LogP contribution in [0.1, 0.15) is 46.7 Å². The van der Waals surface area contributed by atoms with Crippen molar-refractivity contribution in [1.29, 1.82) is 0 Å². The van der Waals surface area contributed by atoms with E-state index in [2.05, 4.69) is 46.0 Å². The van der Waals surface area contributed by atoms with Crippen LogP contribution in [0.5, 0.6) is 0 Å². The van der Waals surface area contributed by atoms with E-state index in [9.17, 15) is 4.79 Å². The number of nitrogens with one attached hydrogen (secondary N) is 2. The largest absolute Gasteiger partial charge is 0.465 e. The van der Waals surface area contributed by atoms with Gasteiger partial charge in [0.05, 0.1) is 13.7 Å². The third kappa shape index (κ3) is 4.87. The molecule has 2 N–H and O–H groups in total. The highest BCUT2D eigenvalue weighted by molar-refractivity contribution is 14.0. The number of aliphatic imine (C=N–C) groups is 1. The lowest BCUT2D eigenvalue weighted by Gasteiger charge is -2.43. The average molecular weight is 497 g/mol. The Morgan fingerprint density at radius 2 is 1.96 bits per heavy atom. The molecular formula is C21H28IN3O3. The molecule has 0 atom stereocenters. The molecule has 1 aliphatic rings. The first-order valence-corrected chi connectivity index (χ1v) is 9.25. The quantitative estimate of drug-likeness (QED) is 0.275. The number of nitrogens with zero attached hydrogens (tertiary/aromatic N) is 1. The van der Waals surface area contributed by atoms with Gasteiger partial charge in [-0.2, -0.15) is 0 Å². The molecular weight excluding hydrogens is 469 g/mol. The number of hydrogen-bond acceptors (Lipinski definition) is 4. The predicted molar refractivity (Wildman–Crippen MR) is 120 cm³/mol. The van der Waals surface area contributed by atoms with Crippen LogP contribution < -0.4 is 10.6 Å². The summed E-state index contributed by atoms with van der Waals surface area (Å²) in [5.41, 5.74) is 2.01. The Labute approximate surface area is 183 Å². The van der Waals surface area contributed by atoms with Gasteiger partial charge in [-0.15, -0.1) is 24.0 Å². The molecule has 1 saturated carbocycles. The van der Waals surface area contributed by atoms with Crippen molar-refractivity contribution in [2.45, 2.75) is 38.1 Å². The first-order chi connectivity index (χ1) is 13.1. The zero-order chi connectivity index (χ0) is 19.3. The molecule has 1 heterocycles. The Balaban J connectivity index is 0.00000280. The van der Waals surface area contributed by atoms with Gasteiger partial charge in [0, 0.05) is 19.0 Å². The van der Waals surface area contributed by atoms with Crippen molar-refractivity contribution < 1.29 is 13.9 Å². The number of carbonyl (C=O) groups is 1. The number of halogens is 1. The number of benzene rings is 1. The van der Waals surface area contributed by atoms with Crippen LogP contribution in [0.3, 0.4) is 0 Å². The lowest BCUT2D eigenvalue weighted by Crippen LogP contribution is -2.48. The zero-order valence-corrected chi connectivity index (χ0v) is 18.9. The van der Waals surface area contributed by atoms with E-state index in [-0.39, 0.29) is 35.4 Å². The maximum Gasteiger partial charge on any atom is 0.341 e. The Morgan fingerprint density at radius 1 is 1.25 bits per heavy atom. The molecule has 1 aliphatic carbocycles. The summed E-state index contributed by atoms with van der Waals surface area (Å²) in [5, 5.41) is 6.69. The summed E-state index contributed by atoms with van der Waals surface area (Å²) in [5.74, 6) is 1.54. The molecule has 1 aromatic carbocycles. The molecule has 152 valence electrons. The number of ether oxygens (including phenoxy) is 1. The summed E-state index contributed by atoms with van der Waals surface area (Å²) in [6.45, 7) is 3.03. The van der Waals surface area contributed by atoms with Crippen LogP contribution in [-0.4, -0.2) is 32.6 Å². The maximum atomic E-state index is 11.7. The van der Waals surface area contributed by atoms with Crippen molar-refractivity contribution in [2.24, 2.45) is 4.99 Å². The van der Waals surface area contributed by atoms with Crippen LogP contribution in [0.15, 0.2) is 45.8 Å². The molecule has 0 unspecified atom stereocenters. The van der Waals surface area contributed by atoms with Crippen molar-refractivity contribution in [2.75, 3.05) is 20.7 Å². The second kappa shape index (κ2) is 9.95. The third-order valence-electron chi connectivity index (χ3n) is 5.32. The van der Waals surface area contributed by atoms with Gasteiger partial charge >= 0.3 is 5.97 Å². The number of methoxy groups -OCH3 is 1. The van der Waals surface area contributed by atoms with E-state index in [1.54, 1.807) is 20.0 Å². The lowest BCUT2D eigenvalue weighted by atomic mass is 9.64. The zero-order valence-electron chi connectivity index (χ0n) is 16.6. The smallest absolute Gasteiger partial charge is 0.341 e. The number of furan rings is 1. The Bertz CT molecular complexity index is 814. The molecule has 7 heteroatoms. The number of hydrogen-bond donors (Lipinski definition) is 2. The number of rotatable bonds is 6. The maximum absolute atomic E-state index is 11.7. The molecule has 6 nitrogen and oxygen atoms in total. The summed E-state index contributed by atoms with van der Waals surface area (Å²) in [4.78, 5) is 16.0. The fourth-order valence-corrected chi connectivity index (χ4v) is 3.55. The minimum Gasteiger partial charge on any atom is -0.465 e. The van der Waals surface area contributed by atoms with Crippen molar-refractivity contribution in [3.05, 3.63) is 59.0 Å². The van der Waals surface area contributed by atoms with Gasteiger partial charge in [-0.25, -0.2) is 4.79 Å². The highest BCUT2D eigenvalue weighted by Crippen LogP contribution is 2.43. The normalized spacial score (nSPS) is 15.2. The third-order valence-corrected chi connectivity index (χ3v) is 5.32. The van der Waals surface area contributed by atoms with Gasteiger partial charge in [0.15, 0.2) is 5.96 Å². The first kappa shape index (κ1) is 22.3. The molecule has 0 spiro atoms. The molecule has 0 saturated heterocycles. The molecule has 1 aromatic heterocycles. The average Bonchev–Trinajstić information content (AvgIpc) is 3.04. The van der Waals surface area contributed by atoms with Crippen LogP contribution in [0, 0.1) is 6.92 Å². The second-order valence-corrected chi connectivity index (χ2v) is 6.95. The standard InChI is InChI=1S/C21H27N3O3.HI/c1-15-18(19(25)26-3)12-17(27-15)13-23-20(22-2)24-14-21(10-7-11-21)16-8-5-4-6-9-16;/h4-6,8-9,12H,7,10-11,13-14H2,1-3H3,(H2,22,23,24);1H. The minimum absolute atomic E-state index is 0. The highest BCUT2D eigenvalue weighted by Gasteiger charge is 2.38. The van der Waals surface area contributed by atoms with Crippen molar-refractivity contribution in [3.8, 4) is 0 Å². The first-order valence-electron chi connectivity index (χ1n) is 9.25. The van der Waals surface area contributed by atoms with Gasteiger partial charge in [-0.3, -0.25) is 4.99 Å². The fourth-order valence-electron chi connectivity index (χ4n) is 3.55. The molecule has 2 aromatic rings. The molecule has 0 aliphatic heterocycles. The highest BCUT2D eigenvalue weighted by atomic mass is 127. The van der Waals surface area contributed by atoms with Crippen molar-refractivity contribution >= 4 is 35.9 Å². The number of aryl methyl sites for hydroxylation is 1. The molecule has 0 radical (unpaired) electrons. The van der Waals surface area contributed by atoms with Gasteiger partial charge in [-0.05, 0) is 31.4 Å². The summed E-state index contributed by atoms with van der Waals surface area (Å²) in [7, 11) is 3.11. The number of guanidine groups is 1. The Kier molecular flexibility index (Phi) is 7.91. The van der Waals surface area contributed by atoms with Gasteiger partial charge in [0.25, 0.3) is 0 Å². The molecule has 3 rings (SSSR count). The van der Waals surface area contributed by atoms with E-state index in [1.165, 1.54) is 31.9 Å². The predicted octanol–water partition coefficient (Wildman–Crippen LogP) is 3.78. The number of carbonyl (C=O) groups excluding carboxylic acids is 1. The van der Waals surface area contributed by atoms with Crippen LogP contribution in [0.4, 0.5) is 0 Å². The summed E-state index contributed by atoms with van der Waals surface area (Å²) >= 11 is 0. The van der Waals surface area contributed by atoms with Crippen molar-refractivity contribution in [1.82, 2.24) is 10.6 Å². The van der Waals surface area contributed by atoms with E-state index < -0.39 is 0 Å². The monoisotopic (exact) mass is 497 g/mol. The van der Waals surface area contributed by atoms with Crippen LogP contribution >= 0.6 is 24.0 Å². The number of esters is 1. The summed E-state index contributed by atoms with van der Waals surface area (Å²) in [6.07, 6.45) is 3.62. The van der Waals surface area contributed by atoms with Crippen LogP contribution in [0.2, 0.25) is 0 Å². The van der Waals surface area contributed by atoms with E-state index in [0.717, 1.165) is 6.54 Å². The summed E-state index contributed by atoms with van der Waals surface area (Å²) in [6, 6.07) is 12.4. The van der Waals surface area contributed by atoms with E-state index in [1.807, 2.05) is 0 Å². The van der Waals surface area contributed by atoms with Crippen LogP contribution in [0.25, 0.3) is 0 Å². The molecule has 0 amide bonds. The van der Waals surface area contributed by atoms with Crippen molar-refractivity contribution in [3.63, 3.8) is 0 Å². The molecule has 28 heavy (non-hydrogen) atoms. The van der Waals surface area contributed by atoms with E-state index >= 15 is 0 Å². The Morgan fingerprint density at radius 3 is 2.54 bits per heavy atom. The van der Waals surface area contributed by atoms with Gasteiger partial charge in [-0.1, -0.05) is 36.8 Å². The minimum atomic E-state index is -0.389. The SMILES string of the molecule is CN=C(NCc1cc(C(=O)OC)c(C)o1)NCC1(c2ccccc2)CCC1.I. The Hall–Kier alpha value is -2.03. The molecule has 1 fully saturated rings. The second-order valence-electron chi connectivity index (χ2n) is 6.95. The molecule has 0 bridgehead atoms. The van der Waals surface area contributed by atoms with Gasteiger partial charge < -0.3 is 19.8 Å². The topological polar surface area (TPSA) is 75.9 Å². The lowest BCUT2D eigenvalue weighted by molar-refractivity contribution is 0.0599.